The minimum atomic E-state index is -0.444. The van der Waals surface area contributed by atoms with Crippen LogP contribution in [0.3, 0.4) is 0 Å². The summed E-state index contributed by atoms with van der Waals surface area (Å²) >= 11 is 0. The molecule has 2 aliphatic rings. The summed E-state index contributed by atoms with van der Waals surface area (Å²) < 4.78 is 29.2. The van der Waals surface area contributed by atoms with Gasteiger partial charge >= 0.3 is 0 Å². The van der Waals surface area contributed by atoms with Gasteiger partial charge in [-0.05, 0) is 117 Å². The Morgan fingerprint density at radius 3 is 2.27 bits per heavy atom. The molecule has 2 heteroatoms. The number of benzene rings is 2. The lowest BCUT2D eigenvalue weighted by molar-refractivity contribution is 0.115. The fourth-order valence-electron chi connectivity index (χ4n) is 6.26. The summed E-state index contributed by atoms with van der Waals surface area (Å²) in [6, 6.07) is 11.4. The highest BCUT2D eigenvalue weighted by Crippen LogP contribution is 2.48. The molecule has 4 unspecified atom stereocenters. The van der Waals surface area contributed by atoms with Gasteiger partial charge in [0.2, 0.25) is 0 Å². The molecule has 176 valence electrons. The first-order valence-electron chi connectivity index (χ1n) is 12.9. The summed E-state index contributed by atoms with van der Waals surface area (Å²) in [5, 5.41) is 0. The second-order valence-corrected chi connectivity index (χ2v) is 10.2. The van der Waals surface area contributed by atoms with Crippen LogP contribution >= 0.6 is 0 Å². The molecule has 4 atom stereocenters. The van der Waals surface area contributed by atoms with E-state index in [9.17, 15) is 8.78 Å². The molecule has 0 saturated heterocycles. The van der Waals surface area contributed by atoms with Gasteiger partial charge in [-0.2, -0.15) is 0 Å². The summed E-state index contributed by atoms with van der Waals surface area (Å²) in [5.74, 6) is 2.40. The van der Waals surface area contributed by atoms with Crippen molar-refractivity contribution in [2.45, 2.75) is 77.0 Å². The molecule has 33 heavy (non-hydrogen) atoms. The molecule has 0 N–H and O–H groups in total. The number of halogens is 2. The zero-order valence-electron chi connectivity index (χ0n) is 20.0. The van der Waals surface area contributed by atoms with Gasteiger partial charge in [-0.1, -0.05) is 48.9 Å². The molecule has 0 spiro atoms. The van der Waals surface area contributed by atoms with Crippen molar-refractivity contribution in [1.82, 2.24) is 0 Å². The van der Waals surface area contributed by atoms with E-state index in [1.807, 2.05) is 31.2 Å². The average Bonchev–Trinajstić information content (AvgIpc) is 2.84. The molecule has 2 aromatic carbocycles. The molecule has 0 aromatic heterocycles. The zero-order chi connectivity index (χ0) is 23.2. The van der Waals surface area contributed by atoms with Crippen molar-refractivity contribution in [3.8, 4) is 11.1 Å². The molecule has 0 amide bonds. The lowest BCUT2D eigenvalue weighted by atomic mass is 9.63. The number of fused-ring (bicyclic) bond motifs is 1. The van der Waals surface area contributed by atoms with Crippen LogP contribution in [0.2, 0.25) is 0 Å². The third kappa shape index (κ3) is 5.83. The van der Waals surface area contributed by atoms with Crippen LogP contribution in [0.15, 0.2) is 61.2 Å². The molecular weight excluding hydrogens is 410 g/mol. The molecule has 2 aromatic rings. The first-order valence-corrected chi connectivity index (χ1v) is 12.9. The average molecular weight is 449 g/mol. The van der Waals surface area contributed by atoms with Crippen molar-refractivity contribution in [1.29, 1.82) is 0 Å². The van der Waals surface area contributed by atoms with Gasteiger partial charge < -0.3 is 0 Å². The van der Waals surface area contributed by atoms with Gasteiger partial charge in [0.25, 0.3) is 0 Å². The zero-order valence-corrected chi connectivity index (χ0v) is 20.0. The highest BCUT2D eigenvalue weighted by atomic mass is 19.1. The van der Waals surface area contributed by atoms with Crippen LogP contribution in [0.5, 0.6) is 0 Å². The van der Waals surface area contributed by atoms with E-state index in [4.69, 9.17) is 0 Å². The van der Waals surface area contributed by atoms with E-state index in [0.717, 1.165) is 29.7 Å². The van der Waals surface area contributed by atoms with Crippen LogP contribution in [0.25, 0.3) is 11.1 Å². The lowest BCUT2D eigenvalue weighted by Gasteiger charge is -2.42. The molecule has 2 aliphatic carbocycles. The van der Waals surface area contributed by atoms with Crippen LogP contribution in [-0.2, 0) is 6.42 Å². The molecule has 4 rings (SSSR count). The molecule has 0 bridgehead atoms. The fourth-order valence-corrected chi connectivity index (χ4v) is 6.26. The van der Waals surface area contributed by atoms with Gasteiger partial charge in [-0.15, -0.1) is 6.58 Å². The normalized spacial score (nSPS) is 25.2. The molecule has 0 heterocycles. The van der Waals surface area contributed by atoms with Crippen LogP contribution in [0.1, 0.15) is 81.8 Å². The second-order valence-electron chi connectivity index (χ2n) is 10.2. The van der Waals surface area contributed by atoms with Crippen LogP contribution in [0.4, 0.5) is 8.78 Å². The Morgan fingerprint density at radius 1 is 0.879 bits per heavy atom. The van der Waals surface area contributed by atoms with Gasteiger partial charge in [-0.3, -0.25) is 0 Å². The van der Waals surface area contributed by atoms with E-state index in [-0.39, 0.29) is 5.56 Å². The number of allylic oxidation sites excluding steroid dienone is 3. The van der Waals surface area contributed by atoms with E-state index in [2.05, 4.69) is 24.8 Å². The maximum absolute atomic E-state index is 14.6. The maximum Gasteiger partial charge on any atom is 0.129 e. The van der Waals surface area contributed by atoms with Crippen LogP contribution in [-0.4, -0.2) is 0 Å². The smallest absolute Gasteiger partial charge is 0.129 e. The van der Waals surface area contributed by atoms with Crippen molar-refractivity contribution >= 4 is 0 Å². The Kier molecular flexibility index (Phi) is 8.17. The van der Waals surface area contributed by atoms with Gasteiger partial charge in [0.05, 0.1) is 0 Å². The fraction of sp³-hybridized carbons (Fsp3) is 0.484. The minimum Gasteiger partial charge on any atom is -0.207 e. The molecule has 2 fully saturated rings. The van der Waals surface area contributed by atoms with Crippen molar-refractivity contribution in [3.63, 3.8) is 0 Å². The molecule has 0 radical (unpaired) electrons. The number of rotatable bonds is 8. The van der Waals surface area contributed by atoms with Gasteiger partial charge in [0.1, 0.15) is 11.6 Å². The van der Waals surface area contributed by atoms with Gasteiger partial charge in [0, 0.05) is 5.56 Å². The van der Waals surface area contributed by atoms with Crippen LogP contribution in [0, 0.1) is 29.4 Å². The predicted octanol–water partition coefficient (Wildman–Crippen LogP) is 9.41. The molecule has 0 nitrogen and oxygen atoms in total. The quantitative estimate of drug-likeness (QED) is 0.353. The first kappa shape index (κ1) is 23.9. The Labute approximate surface area is 198 Å². The first-order chi connectivity index (χ1) is 16.1. The second kappa shape index (κ2) is 11.3. The molecule has 0 aliphatic heterocycles. The topological polar surface area (TPSA) is 0 Å². The predicted molar refractivity (Wildman–Crippen MR) is 135 cm³/mol. The van der Waals surface area contributed by atoms with Gasteiger partial charge in [0.15, 0.2) is 0 Å². The van der Waals surface area contributed by atoms with E-state index in [0.29, 0.717) is 24.3 Å². The Morgan fingerprint density at radius 2 is 1.58 bits per heavy atom. The standard InChI is InChI=1S/C31H38F2/c1-3-5-7-9-29-30(32)20-28(21-31(29)33)24-14-12-23(13-15-24)26-17-16-25-18-22(8-6-4-2)10-11-27(25)19-26/h3-5,12-15,20-22,25-27H,2,6-11,16-19H2,1H3/b5-3+. The highest BCUT2D eigenvalue weighted by molar-refractivity contribution is 5.64. The van der Waals surface area contributed by atoms with E-state index < -0.39 is 11.6 Å². The largest absolute Gasteiger partial charge is 0.207 e. The van der Waals surface area contributed by atoms with Crippen molar-refractivity contribution < 1.29 is 8.78 Å². The highest BCUT2D eigenvalue weighted by Gasteiger charge is 2.35. The van der Waals surface area contributed by atoms with Crippen LogP contribution < -0.4 is 0 Å². The maximum atomic E-state index is 14.6. The van der Waals surface area contributed by atoms with Gasteiger partial charge in [-0.25, -0.2) is 8.78 Å². The summed E-state index contributed by atoms with van der Waals surface area (Å²) in [6.07, 6.45) is 17.5. The van der Waals surface area contributed by atoms with Crippen molar-refractivity contribution in [2.24, 2.45) is 17.8 Å². The molecular formula is C31H38F2. The third-order valence-electron chi connectivity index (χ3n) is 8.15. The van der Waals surface area contributed by atoms with E-state index in [1.54, 1.807) is 0 Å². The monoisotopic (exact) mass is 448 g/mol. The Balaban J connectivity index is 1.40. The van der Waals surface area contributed by atoms with Crippen molar-refractivity contribution in [3.05, 3.63) is 84.0 Å². The minimum absolute atomic E-state index is 0.185. The Bertz CT molecular complexity index is 932. The Hall–Kier alpha value is -2.22. The third-order valence-corrected chi connectivity index (χ3v) is 8.15. The van der Waals surface area contributed by atoms with Crippen molar-refractivity contribution in [2.75, 3.05) is 0 Å². The SMILES string of the molecule is C=CCCC1CCC2CC(c3ccc(-c4cc(F)c(CC/C=C/C)c(F)c4)cc3)CCC2C1. The summed E-state index contributed by atoms with van der Waals surface area (Å²) in [6.45, 7) is 5.80. The summed E-state index contributed by atoms with van der Waals surface area (Å²) in [5.41, 5.74) is 3.07. The summed E-state index contributed by atoms with van der Waals surface area (Å²) in [4.78, 5) is 0. The van der Waals surface area contributed by atoms with E-state index in [1.165, 1.54) is 62.6 Å². The molecule has 2 saturated carbocycles. The van der Waals surface area contributed by atoms with E-state index >= 15 is 0 Å². The lowest BCUT2D eigenvalue weighted by Crippen LogP contribution is -2.30. The number of hydrogen-bond donors (Lipinski definition) is 0. The summed E-state index contributed by atoms with van der Waals surface area (Å²) in [7, 11) is 0. The number of hydrogen-bond acceptors (Lipinski definition) is 0.